The molecular weight excluding hydrogens is 284 g/mol. The van der Waals surface area contributed by atoms with Crippen molar-refractivity contribution in [2.75, 3.05) is 0 Å². The first kappa shape index (κ1) is 13.7. The van der Waals surface area contributed by atoms with Gasteiger partial charge in [0.25, 0.3) is 0 Å². The van der Waals surface area contributed by atoms with Crippen molar-refractivity contribution in [2.45, 2.75) is 37.6 Å². The summed E-state index contributed by atoms with van der Waals surface area (Å²) in [5, 5.41) is 0. The van der Waals surface area contributed by atoms with Gasteiger partial charge in [0.1, 0.15) is 0 Å². The molecule has 4 rings (SSSR count). The summed E-state index contributed by atoms with van der Waals surface area (Å²) in [5.74, 6) is 2.90. The third-order valence-electron chi connectivity index (χ3n) is 5.63. The molecule has 0 heterocycles. The number of fused-ring (bicyclic) bond motifs is 5. The summed E-state index contributed by atoms with van der Waals surface area (Å²) in [4.78, 5) is 0. The van der Waals surface area contributed by atoms with E-state index in [9.17, 15) is 8.42 Å². The van der Waals surface area contributed by atoms with E-state index < -0.39 is 10.0 Å². The average Bonchev–Trinajstić information content (AvgIpc) is 2.85. The van der Waals surface area contributed by atoms with Gasteiger partial charge in [0.2, 0.25) is 10.0 Å². The Morgan fingerprint density at radius 3 is 2.48 bits per heavy atom. The number of sulfonamides is 1. The molecule has 5 heteroatoms. The Bertz CT molecular complexity index is 642. The van der Waals surface area contributed by atoms with Crippen LogP contribution < -0.4 is 10.5 Å². The summed E-state index contributed by atoms with van der Waals surface area (Å²) < 4.78 is 27.7. The topological polar surface area (TPSA) is 72.2 Å². The zero-order valence-corrected chi connectivity index (χ0v) is 12.9. The highest BCUT2D eigenvalue weighted by Crippen LogP contribution is 2.65. The fraction of sp³-hybridized carbons (Fsp3) is 0.625. The molecule has 1 aromatic rings. The van der Waals surface area contributed by atoms with Crippen molar-refractivity contribution in [3.63, 3.8) is 0 Å². The lowest BCUT2D eigenvalue weighted by molar-refractivity contribution is 0.456. The first-order valence-corrected chi connectivity index (χ1v) is 9.50. The highest BCUT2D eigenvalue weighted by molar-refractivity contribution is 7.88. The number of nitrogens with two attached hydrogens (primary N) is 1. The third kappa shape index (κ3) is 2.41. The molecule has 0 radical (unpaired) electrons. The fourth-order valence-corrected chi connectivity index (χ4v) is 6.23. The molecule has 0 aliphatic heterocycles. The number of hydrogen-bond donors (Lipinski definition) is 2. The maximum atomic E-state index is 12.4. The lowest BCUT2D eigenvalue weighted by atomic mass is 10.0. The van der Waals surface area contributed by atoms with Gasteiger partial charge in [-0.15, -0.1) is 0 Å². The molecule has 0 aromatic heterocycles. The summed E-state index contributed by atoms with van der Waals surface area (Å²) in [6.07, 6.45) is 3.96. The van der Waals surface area contributed by atoms with Crippen LogP contribution in [0, 0.1) is 23.7 Å². The maximum Gasteiger partial charge on any atom is 0.216 e. The molecule has 0 spiro atoms. The molecule has 1 aromatic carbocycles. The van der Waals surface area contributed by atoms with Gasteiger partial charge in [0.15, 0.2) is 0 Å². The van der Waals surface area contributed by atoms with Gasteiger partial charge in [0, 0.05) is 12.6 Å². The van der Waals surface area contributed by atoms with Crippen LogP contribution in [0.2, 0.25) is 0 Å². The zero-order chi connectivity index (χ0) is 14.6. The molecule has 3 fully saturated rings. The first-order valence-electron chi connectivity index (χ1n) is 7.85. The summed E-state index contributed by atoms with van der Waals surface area (Å²) >= 11 is 0. The highest BCUT2D eigenvalue weighted by atomic mass is 32.2. The van der Waals surface area contributed by atoms with Gasteiger partial charge in [-0.2, -0.15) is 0 Å². The van der Waals surface area contributed by atoms with Crippen LogP contribution in [-0.4, -0.2) is 14.5 Å². The average molecular weight is 306 g/mol. The standard InChI is InChI=1S/C16H22N2O2S/c17-8-10-2-1-3-11(6-10)9-21(19,20)18-16-14-12-4-5-13(7-12)15(14)16/h1-3,6,12-16,18H,4-5,7-9,17H2. The van der Waals surface area contributed by atoms with Crippen LogP contribution in [0.25, 0.3) is 0 Å². The van der Waals surface area contributed by atoms with Gasteiger partial charge in [-0.05, 0) is 54.1 Å². The predicted octanol–water partition coefficient (Wildman–Crippen LogP) is 1.61. The summed E-state index contributed by atoms with van der Waals surface area (Å²) in [6, 6.07) is 7.76. The molecule has 4 atom stereocenters. The zero-order valence-electron chi connectivity index (χ0n) is 12.0. The summed E-state index contributed by atoms with van der Waals surface area (Å²) in [6.45, 7) is 0.442. The quantitative estimate of drug-likeness (QED) is 0.868. The van der Waals surface area contributed by atoms with E-state index >= 15 is 0 Å². The lowest BCUT2D eigenvalue weighted by Gasteiger charge is -2.11. The Balaban J connectivity index is 1.43. The van der Waals surface area contributed by atoms with Gasteiger partial charge < -0.3 is 5.73 Å². The van der Waals surface area contributed by atoms with Gasteiger partial charge in [-0.1, -0.05) is 24.3 Å². The molecule has 2 bridgehead atoms. The van der Waals surface area contributed by atoms with E-state index in [2.05, 4.69) is 4.72 Å². The van der Waals surface area contributed by atoms with Crippen LogP contribution in [0.5, 0.6) is 0 Å². The Hall–Kier alpha value is -0.910. The number of benzene rings is 1. The molecule has 0 amide bonds. The molecule has 3 N–H and O–H groups in total. The van der Waals surface area contributed by atoms with Crippen molar-refractivity contribution in [3.05, 3.63) is 35.4 Å². The van der Waals surface area contributed by atoms with Crippen molar-refractivity contribution in [1.82, 2.24) is 4.72 Å². The Morgan fingerprint density at radius 2 is 1.81 bits per heavy atom. The van der Waals surface area contributed by atoms with Crippen molar-refractivity contribution >= 4 is 10.0 Å². The second kappa shape index (κ2) is 4.80. The summed E-state index contributed by atoms with van der Waals surface area (Å²) in [7, 11) is -3.25. The predicted molar refractivity (Wildman–Crippen MR) is 81.7 cm³/mol. The molecule has 0 saturated heterocycles. The first-order chi connectivity index (χ1) is 10.1. The number of nitrogens with one attached hydrogen (secondary N) is 1. The van der Waals surface area contributed by atoms with E-state index in [-0.39, 0.29) is 11.8 Å². The highest BCUT2D eigenvalue weighted by Gasteiger charge is 2.65. The van der Waals surface area contributed by atoms with E-state index in [1.165, 1.54) is 19.3 Å². The molecular formula is C16H22N2O2S. The number of rotatable bonds is 5. The van der Waals surface area contributed by atoms with Gasteiger partial charge in [0.05, 0.1) is 5.75 Å². The summed E-state index contributed by atoms with van der Waals surface area (Å²) in [5.41, 5.74) is 7.40. The van der Waals surface area contributed by atoms with Crippen molar-refractivity contribution < 1.29 is 8.42 Å². The van der Waals surface area contributed by atoms with Crippen molar-refractivity contribution in [2.24, 2.45) is 29.4 Å². The lowest BCUT2D eigenvalue weighted by Crippen LogP contribution is -2.31. The van der Waals surface area contributed by atoms with E-state index in [0.29, 0.717) is 18.4 Å². The van der Waals surface area contributed by atoms with Crippen LogP contribution in [0.1, 0.15) is 30.4 Å². The smallest absolute Gasteiger partial charge is 0.216 e. The Morgan fingerprint density at radius 1 is 1.14 bits per heavy atom. The molecule has 114 valence electrons. The normalized spacial score (nSPS) is 36.7. The van der Waals surface area contributed by atoms with Crippen LogP contribution in [0.3, 0.4) is 0 Å². The minimum absolute atomic E-state index is 0.0616. The largest absolute Gasteiger partial charge is 0.326 e. The fourth-order valence-electron chi connectivity index (χ4n) is 4.80. The SMILES string of the molecule is NCc1cccc(CS(=O)(=O)NC2C3C4CCC(C4)C23)c1. The van der Waals surface area contributed by atoms with Crippen molar-refractivity contribution in [3.8, 4) is 0 Å². The monoisotopic (exact) mass is 306 g/mol. The number of hydrogen-bond acceptors (Lipinski definition) is 3. The van der Waals surface area contributed by atoms with E-state index in [1.54, 1.807) is 0 Å². The molecule has 3 saturated carbocycles. The van der Waals surface area contributed by atoms with Crippen LogP contribution in [0.4, 0.5) is 0 Å². The van der Waals surface area contributed by atoms with E-state index in [0.717, 1.165) is 23.0 Å². The van der Waals surface area contributed by atoms with Gasteiger partial charge in [-0.25, -0.2) is 13.1 Å². The Labute approximate surface area is 126 Å². The van der Waals surface area contributed by atoms with Crippen LogP contribution in [-0.2, 0) is 22.3 Å². The maximum absolute atomic E-state index is 12.4. The molecule has 4 unspecified atom stereocenters. The minimum atomic E-state index is -3.25. The molecule has 3 aliphatic carbocycles. The molecule has 3 aliphatic rings. The van der Waals surface area contributed by atoms with Crippen LogP contribution >= 0.6 is 0 Å². The molecule has 4 nitrogen and oxygen atoms in total. The van der Waals surface area contributed by atoms with E-state index in [4.69, 9.17) is 5.73 Å². The van der Waals surface area contributed by atoms with E-state index in [1.807, 2.05) is 24.3 Å². The van der Waals surface area contributed by atoms with Gasteiger partial charge >= 0.3 is 0 Å². The Kier molecular flexibility index (Phi) is 3.14. The third-order valence-corrected chi connectivity index (χ3v) is 6.98. The minimum Gasteiger partial charge on any atom is -0.326 e. The molecule has 21 heavy (non-hydrogen) atoms. The second-order valence-corrected chi connectivity index (χ2v) is 8.67. The van der Waals surface area contributed by atoms with Gasteiger partial charge in [-0.3, -0.25) is 0 Å². The second-order valence-electron chi connectivity index (χ2n) is 6.91. The van der Waals surface area contributed by atoms with Crippen LogP contribution in [0.15, 0.2) is 24.3 Å². The van der Waals surface area contributed by atoms with Crippen molar-refractivity contribution in [1.29, 1.82) is 0 Å².